The van der Waals surface area contributed by atoms with Crippen LogP contribution in [-0.4, -0.2) is 26.5 Å². The standard InChI is InChI=1S/C12H9N5OS/c1-7-6-19-12(18-5-2-13)8(7)9-16-10-11(17-9)15-4-3-14-10/h3-4,6H,5H2,1H3,(H,14,15,16,17). The lowest BCUT2D eigenvalue weighted by Gasteiger charge is -2.01. The molecule has 0 aliphatic carbocycles. The second-order valence-electron chi connectivity index (χ2n) is 3.84. The number of rotatable bonds is 3. The maximum Gasteiger partial charge on any atom is 0.197 e. The summed E-state index contributed by atoms with van der Waals surface area (Å²) in [6.07, 6.45) is 3.21. The number of hydrogen-bond acceptors (Lipinski definition) is 6. The number of ether oxygens (including phenoxy) is 1. The minimum atomic E-state index is 0.0175. The Bertz CT molecular complexity index is 737. The lowest BCUT2D eigenvalue weighted by Crippen LogP contribution is -1.93. The lowest BCUT2D eigenvalue weighted by molar-refractivity contribution is 0.380. The van der Waals surface area contributed by atoms with Gasteiger partial charge in [0, 0.05) is 12.4 Å². The summed E-state index contributed by atoms with van der Waals surface area (Å²) >= 11 is 1.45. The molecular weight excluding hydrogens is 262 g/mol. The molecule has 3 rings (SSSR count). The fourth-order valence-corrected chi connectivity index (χ4v) is 2.68. The van der Waals surface area contributed by atoms with Crippen LogP contribution in [0.1, 0.15) is 5.56 Å². The van der Waals surface area contributed by atoms with Gasteiger partial charge in [-0.2, -0.15) is 5.26 Å². The normalized spacial score (nSPS) is 10.5. The van der Waals surface area contributed by atoms with Crippen LogP contribution in [0.2, 0.25) is 0 Å². The highest BCUT2D eigenvalue weighted by molar-refractivity contribution is 7.12. The summed E-state index contributed by atoms with van der Waals surface area (Å²) in [4.78, 5) is 15.8. The van der Waals surface area contributed by atoms with Gasteiger partial charge < -0.3 is 9.72 Å². The van der Waals surface area contributed by atoms with Crippen LogP contribution in [0.4, 0.5) is 0 Å². The zero-order chi connectivity index (χ0) is 13.2. The van der Waals surface area contributed by atoms with Gasteiger partial charge in [0.05, 0.1) is 5.56 Å². The summed E-state index contributed by atoms with van der Waals surface area (Å²) in [7, 11) is 0. The average Bonchev–Trinajstić information content (AvgIpc) is 2.99. The number of nitriles is 1. The Kier molecular flexibility index (Phi) is 2.85. The number of nitrogens with zero attached hydrogens (tertiary/aromatic N) is 4. The van der Waals surface area contributed by atoms with E-state index in [0.717, 1.165) is 11.1 Å². The van der Waals surface area contributed by atoms with Gasteiger partial charge in [-0.15, -0.1) is 11.3 Å². The molecule has 0 bridgehead atoms. The lowest BCUT2D eigenvalue weighted by atomic mass is 10.2. The van der Waals surface area contributed by atoms with E-state index in [-0.39, 0.29) is 6.61 Å². The summed E-state index contributed by atoms with van der Waals surface area (Å²) in [5.41, 5.74) is 3.10. The quantitative estimate of drug-likeness (QED) is 0.789. The predicted molar refractivity (Wildman–Crippen MR) is 70.8 cm³/mol. The fraction of sp³-hybridized carbons (Fsp3) is 0.167. The van der Waals surface area contributed by atoms with Crippen molar-refractivity contribution in [2.24, 2.45) is 0 Å². The molecule has 0 atom stereocenters. The molecule has 0 unspecified atom stereocenters. The highest BCUT2D eigenvalue weighted by Crippen LogP contribution is 2.37. The Hall–Kier alpha value is -2.46. The number of aryl methyl sites for hydroxylation is 1. The second kappa shape index (κ2) is 4.66. The van der Waals surface area contributed by atoms with Gasteiger partial charge in [0.2, 0.25) is 0 Å². The molecule has 19 heavy (non-hydrogen) atoms. The molecule has 0 spiro atoms. The van der Waals surface area contributed by atoms with E-state index in [1.165, 1.54) is 11.3 Å². The molecule has 0 aliphatic rings. The van der Waals surface area contributed by atoms with E-state index < -0.39 is 0 Å². The monoisotopic (exact) mass is 271 g/mol. The third-order valence-corrected chi connectivity index (χ3v) is 3.59. The fourth-order valence-electron chi connectivity index (χ4n) is 1.77. The van der Waals surface area contributed by atoms with Crippen molar-refractivity contribution in [2.45, 2.75) is 6.92 Å². The van der Waals surface area contributed by atoms with E-state index in [4.69, 9.17) is 10.00 Å². The van der Waals surface area contributed by atoms with Crippen LogP contribution in [0, 0.1) is 18.3 Å². The number of H-pyrrole nitrogens is 1. The summed E-state index contributed by atoms with van der Waals surface area (Å²) in [6.45, 7) is 1.99. The zero-order valence-electron chi connectivity index (χ0n) is 10.0. The smallest absolute Gasteiger partial charge is 0.197 e. The first-order chi connectivity index (χ1) is 9.29. The molecule has 0 aliphatic heterocycles. The van der Waals surface area contributed by atoms with Crippen LogP contribution in [-0.2, 0) is 0 Å². The van der Waals surface area contributed by atoms with Gasteiger partial charge >= 0.3 is 0 Å². The Balaban J connectivity index is 2.10. The highest BCUT2D eigenvalue weighted by atomic mass is 32.1. The SMILES string of the molecule is Cc1csc(OCC#N)c1-c1nc2nccnc2[nH]1. The third kappa shape index (κ3) is 2.02. The molecule has 0 aromatic carbocycles. The first kappa shape index (κ1) is 11.6. The Morgan fingerprint density at radius 3 is 3.05 bits per heavy atom. The van der Waals surface area contributed by atoms with Crippen molar-refractivity contribution >= 4 is 22.6 Å². The van der Waals surface area contributed by atoms with Crippen molar-refractivity contribution in [1.29, 1.82) is 5.26 Å². The summed E-state index contributed by atoms with van der Waals surface area (Å²) in [5.74, 6) is 0.660. The molecule has 3 heterocycles. The first-order valence-electron chi connectivity index (χ1n) is 5.54. The molecule has 0 saturated heterocycles. The number of aromatic amines is 1. The van der Waals surface area contributed by atoms with Gasteiger partial charge in [-0.3, -0.25) is 0 Å². The molecule has 7 heteroatoms. The van der Waals surface area contributed by atoms with Gasteiger partial charge in [-0.25, -0.2) is 15.0 Å². The Morgan fingerprint density at radius 1 is 1.42 bits per heavy atom. The van der Waals surface area contributed by atoms with E-state index >= 15 is 0 Å². The molecule has 0 fully saturated rings. The number of nitrogens with one attached hydrogen (secondary N) is 1. The van der Waals surface area contributed by atoms with Crippen LogP contribution < -0.4 is 4.74 Å². The van der Waals surface area contributed by atoms with Crippen molar-refractivity contribution in [3.8, 4) is 22.5 Å². The minimum absolute atomic E-state index is 0.0175. The maximum atomic E-state index is 8.60. The van der Waals surface area contributed by atoms with Gasteiger partial charge in [-0.1, -0.05) is 0 Å². The summed E-state index contributed by atoms with van der Waals surface area (Å²) < 4.78 is 5.41. The van der Waals surface area contributed by atoms with E-state index in [9.17, 15) is 0 Å². The predicted octanol–water partition coefficient (Wildman–Crippen LogP) is 2.29. The van der Waals surface area contributed by atoms with Crippen molar-refractivity contribution in [3.63, 3.8) is 0 Å². The number of fused-ring (bicyclic) bond motifs is 1. The molecule has 94 valence electrons. The molecule has 3 aromatic heterocycles. The van der Waals surface area contributed by atoms with Crippen LogP contribution >= 0.6 is 11.3 Å². The van der Waals surface area contributed by atoms with Crippen molar-refractivity contribution in [3.05, 3.63) is 23.3 Å². The molecule has 0 amide bonds. The molecule has 1 N–H and O–H groups in total. The van der Waals surface area contributed by atoms with Gasteiger partial charge in [-0.05, 0) is 17.9 Å². The summed E-state index contributed by atoms with van der Waals surface area (Å²) in [6, 6.07) is 1.96. The van der Waals surface area contributed by atoms with Crippen LogP contribution in [0.15, 0.2) is 17.8 Å². The van der Waals surface area contributed by atoms with E-state index in [1.807, 2.05) is 18.4 Å². The average molecular weight is 271 g/mol. The minimum Gasteiger partial charge on any atom is -0.468 e. The molecule has 0 saturated carbocycles. The highest BCUT2D eigenvalue weighted by Gasteiger charge is 2.16. The largest absolute Gasteiger partial charge is 0.468 e. The third-order valence-electron chi connectivity index (χ3n) is 2.58. The van der Waals surface area contributed by atoms with E-state index in [0.29, 0.717) is 22.2 Å². The zero-order valence-corrected chi connectivity index (χ0v) is 10.9. The Labute approximate surface area is 112 Å². The molecule has 6 nitrogen and oxygen atoms in total. The first-order valence-corrected chi connectivity index (χ1v) is 6.42. The van der Waals surface area contributed by atoms with Crippen molar-refractivity contribution in [2.75, 3.05) is 6.61 Å². The molecule has 0 radical (unpaired) electrons. The van der Waals surface area contributed by atoms with Gasteiger partial charge in [0.25, 0.3) is 0 Å². The number of aromatic nitrogens is 4. The van der Waals surface area contributed by atoms with Gasteiger partial charge in [0.15, 0.2) is 23.0 Å². The summed E-state index contributed by atoms with van der Waals surface area (Å²) in [5, 5.41) is 11.2. The molecular formula is C12H9N5OS. The number of imidazole rings is 1. The van der Waals surface area contributed by atoms with Crippen molar-refractivity contribution in [1.82, 2.24) is 19.9 Å². The van der Waals surface area contributed by atoms with E-state index in [1.54, 1.807) is 12.4 Å². The molecule has 3 aromatic rings. The maximum absolute atomic E-state index is 8.60. The van der Waals surface area contributed by atoms with Gasteiger partial charge in [0.1, 0.15) is 11.9 Å². The number of hydrogen-bond donors (Lipinski definition) is 1. The van der Waals surface area contributed by atoms with Crippen LogP contribution in [0.25, 0.3) is 22.7 Å². The number of thiophene rings is 1. The van der Waals surface area contributed by atoms with Crippen molar-refractivity contribution < 1.29 is 4.74 Å². The van der Waals surface area contributed by atoms with E-state index in [2.05, 4.69) is 19.9 Å². The Morgan fingerprint density at radius 2 is 2.26 bits per heavy atom. The second-order valence-corrected chi connectivity index (χ2v) is 4.68. The van der Waals surface area contributed by atoms with Crippen LogP contribution in [0.5, 0.6) is 5.06 Å². The topological polar surface area (TPSA) is 87.5 Å². The van der Waals surface area contributed by atoms with Crippen LogP contribution in [0.3, 0.4) is 0 Å².